The second-order valence-electron chi connectivity index (χ2n) is 10.2. The average Bonchev–Trinajstić information content (AvgIpc) is 3.39. The van der Waals surface area contributed by atoms with E-state index < -0.39 is 34.2 Å². The smallest absolute Gasteiger partial charge is 0.292 e. The Morgan fingerprint density at radius 3 is 2.16 bits per heavy atom. The second kappa shape index (κ2) is 14.4. The lowest BCUT2D eigenvalue weighted by molar-refractivity contribution is -0.383. The van der Waals surface area contributed by atoms with Crippen molar-refractivity contribution in [2.45, 2.75) is 13.0 Å². The SMILES string of the molecule is C[C@H](Nc1ncnc(N)c1C#N)c1nc2ccc(Cl)cc2n1-c1cc(F)cc(F)c1.O=[N+]([O-])c1ccc(Cl)cc1Nc1cc(F)cc(F)c1. The van der Waals surface area contributed by atoms with Gasteiger partial charge in [-0.25, -0.2) is 32.5 Å². The molecule has 4 N–H and O–H groups in total. The topological polar surface area (TPSA) is 161 Å². The highest BCUT2D eigenvalue weighted by Gasteiger charge is 2.21. The third-order valence-corrected chi connectivity index (χ3v) is 7.24. The fraction of sp³-hybridized carbons (Fsp3) is 0.0625. The van der Waals surface area contributed by atoms with Gasteiger partial charge in [0.05, 0.1) is 27.7 Å². The first-order chi connectivity index (χ1) is 23.3. The molecular weight excluding hydrogens is 689 g/mol. The number of anilines is 4. The van der Waals surface area contributed by atoms with Crippen molar-refractivity contribution in [2.24, 2.45) is 0 Å². The molecule has 0 spiro atoms. The van der Waals surface area contributed by atoms with Crippen molar-refractivity contribution >= 4 is 62.9 Å². The van der Waals surface area contributed by atoms with Gasteiger partial charge in [-0.05, 0) is 61.5 Å². The number of nitrogen functional groups attached to an aromatic ring is 1. The monoisotopic (exact) mass is 709 g/mol. The van der Waals surface area contributed by atoms with Gasteiger partial charge >= 0.3 is 0 Å². The van der Waals surface area contributed by atoms with Crippen molar-refractivity contribution < 1.29 is 22.5 Å². The number of nitro groups is 1. The number of fused-ring (bicyclic) bond motifs is 1. The summed E-state index contributed by atoms with van der Waals surface area (Å²) in [5.41, 5.74) is 7.10. The predicted octanol–water partition coefficient (Wildman–Crippen LogP) is 8.64. The summed E-state index contributed by atoms with van der Waals surface area (Å²) in [7, 11) is 0. The van der Waals surface area contributed by atoms with Crippen LogP contribution in [0.1, 0.15) is 24.4 Å². The first-order valence-corrected chi connectivity index (χ1v) is 14.7. The minimum Gasteiger partial charge on any atom is -0.382 e. The Balaban J connectivity index is 0.000000212. The quantitative estimate of drug-likeness (QED) is 0.0837. The third kappa shape index (κ3) is 7.95. The molecule has 2 aromatic heterocycles. The van der Waals surface area contributed by atoms with Gasteiger partial charge in [-0.2, -0.15) is 5.26 Å². The van der Waals surface area contributed by atoms with Crippen LogP contribution in [0.15, 0.2) is 79.1 Å². The first-order valence-electron chi connectivity index (χ1n) is 13.9. The molecule has 0 saturated carbocycles. The van der Waals surface area contributed by atoms with Crippen LogP contribution in [0.4, 0.5) is 46.3 Å². The number of benzene rings is 4. The molecular formula is C32H21Cl2F4N9O2. The summed E-state index contributed by atoms with van der Waals surface area (Å²) in [5.74, 6) is -2.33. The van der Waals surface area contributed by atoms with Gasteiger partial charge in [0.1, 0.15) is 64.4 Å². The zero-order valence-electron chi connectivity index (χ0n) is 24.9. The number of nitrogens with two attached hydrogens (primary N) is 1. The predicted molar refractivity (Wildman–Crippen MR) is 177 cm³/mol. The van der Waals surface area contributed by atoms with Gasteiger partial charge in [0.15, 0.2) is 0 Å². The molecule has 49 heavy (non-hydrogen) atoms. The molecule has 0 fully saturated rings. The summed E-state index contributed by atoms with van der Waals surface area (Å²) in [6, 6.07) is 16.3. The number of nitrogens with one attached hydrogen (secondary N) is 2. The van der Waals surface area contributed by atoms with E-state index in [0.717, 1.165) is 18.2 Å². The van der Waals surface area contributed by atoms with Crippen molar-refractivity contribution in [3.05, 3.63) is 134 Å². The van der Waals surface area contributed by atoms with E-state index in [1.807, 2.05) is 6.07 Å². The van der Waals surface area contributed by atoms with Gasteiger partial charge in [0, 0.05) is 33.9 Å². The van der Waals surface area contributed by atoms with Gasteiger partial charge in [-0.15, -0.1) is 0 Å². The van der Waals surface area contributed by atoms with E-state index in [4.69, 9.17) is 28.9 Å². The second-order valence-corrected chi connectivity index (χ2v) is 11.1. The number of nitro benzene ring substituents is 1. The van der Waals surface area contributed by atoms with Crippen LogP contribution in [0, 0.1) is 44.7 Å². The molecule has 2 heterocycles. The van der Waals surface area contributed by atoms with E-state index in [1.165, 1.54) is 36.7 Å². The molecule has 0 aliphatic heterocycles. The van der Waals surface area contributed by atoms with Gasteiger partial charge in [-0.1, -0.05) is 23.2 Å². The number of nitrogens with zero attached hydrogens (tertiary/aromatic N) is 6. The Bertz CT molecular complexity index is 2220. The standard InChI is InChI=1S/C20H14ClF2N7.C12H7ClF2N2O2/c1-10(28-19-15(8-24)18(25)26-9-27-19)20-29-16-3-2-11(21)4-17(16)30(20)14-6-12(22)5-13(23)7-14;13-7-1-2-12(17(18)19)11(3-7)16-10-5-8(14)4-9(15)6-10/h2-7,9-10H,1H3,(H3,25,26,27,28);1-6,16H/t10-;/m0./s1. The Kier molecular flexibility index (Phi) is 10.1. The number of halogens is 6. The molecule has 17 heteroatoms. The van der Waals surface area contributed by atoms with E-state index in [9.17, 15) is 32.9 Å². The Morgan fingerprint density at radius 2 is 1.53 bits per heavy atom. The lowest BCUT2D eigenvalue weighted by atomic mass is 10.2. The molecule has 1 atom stereocenters. The fourth-order valence-corrected chi connectivity index (χ4v) is 5.07. The zero-order chi connectivity index (χ0) is 35.4. The highest BCUT2D eigenvalue weighted by atomic mass is 35.5. The van der Waals surface area contributed by atoms with Crippen molar-refractivity contribution in [1.29, 1.82) is 5.26 Å². The Hall–Kier alpha value is -5.98. The fourth-order valence-electron chi connectivity index (χ4n) is 4.73. The van der Waals surface area contributed by atoms with Crippen LogP contribution >= 0.6 is 23.2 Å². The van der Waals surface area contributed by atoms with Crippen LogP contribution in [-0.2, 0) is 0 Å². The van der Waals surface area contributed by atoms with E-state index in [0.29, 0.717) is 27.9 Å². The van der Waals surface area contributed by atoms with Crippen LogP contribution in [0.2, 0.25) is 10.0 Å². The van der Waals surface area contributed by atoms with Crippen LogP contribution in [-0.4, -0.2) is 24.4 Å². The van der Waals surface area contributed by atoms with Crippen molar-refractivity contribution in [3.63, 3.8) is 0 Å². The summed E-state index contributed by atoms with van der Waals surface area (Å²) < 4.78 is 55.5. The summed E-state index contributed by atoms with van der Waals surface area (Å²) in [5, 5.41) is 26.5. The molecule has 0 radical (unpaired) electrons. The molecule has 11 nitrogen and oxygen atoms in total. The van der Waals surface area contributed by atoms with Crippen LogP contribution in [0.3, 0.4) is 0 Å². The van der Waals surface area contributed by atoms with Gasteiger partial charge in [-0.3, -0.25) is 14.7 Å². The van der Waals surface area contributed by atoms with Gasteiger partial charge in [0.2, 0.25) is 0 Å². The molecule has 6 rings (SSSR count). The first kappa shape index (κ1) is 34.4. The molecule has 0 unspecified atom stereocenters. The molecule has 4 aromatic carbocycles. The molecule has 0 aliphatic carbocycles. The number of hydrogen-bond acceptors (Lipinski definition) is 9. The number of hydrogen-bond donors (Lipinski definition) is 3. The molecule has 248 valence electrons. The van der Waals surface area contributed by atoms with Gasteiger partial charge < -0.3 is 16.4 Å². The Morgan fingerprint density at radius 1 is 0.918 bits per heavy atom. The molecule has 6 aromatic rings. The highest BCUT2D eigenvalue weighted by Crippen LogP contribution is 2.32. The van der Waals surface area contributed by atoms with E-state index in [-0.39, 0.29) is 45.0 Å². The van der Waals surface area contributed by atoms with Crippen molar-refractivity contribution in [3.8, 4) is 11.8 Å². The summed E-state index contributed by atoms with van der Waals surface area (Å²) >= 11 is 11.9. The van der Waals surface area contributed by atoms with E-state index in [1.54, 1.807) is 29.7 Å². The number of aromatic nitrogens is 4. The molecule has 0 saturated heterocycles. The minimum absolute atomic E-state index is 0.0367. The molecule has 0 bridgehead atoms. The lowest BCUT2D eigenvalue weighted by Crippen LogP contribution is -2.15. The van der Waals surface area contributed by atoms with Crippen molar-refractivity contribution in [2.75, 3.05) is 16.4 Å². The largest absolute Gasteiger partial charge is 0.382 e. The zero-order valence-corrected chi connectivity index (χ0v) is 26.4. The highest BCUT2D eigenvalue weighted by molar-refractivity contribution is 6.31. The molecule has 0 aliphatic rings. The number of rotatable bonds is 7. The van der Waals surface area contributed by atoms with Crippen LogP contribution < -0.4 is 16.4 Å². The summed E-state index contributed by atoms with van der Waals surface area (Å²) in [4.78, 5) is 22.7. The number of nitriles is 1. The maximum Gasteiger partial charge on any atom is 0.292 e. The maximum atomic E-state index is 13.9. The maximum absolute atomic E-state index is 13.9. The average molecular weight is 710 g/mol. The lowest BCUT2D eigenvalue weighted by Gasteiger charge is -2.18. The molecule has 0 amide bonds. The minimum atomic E-state index is -0.785. The van der Waals surface area contributed by atoms with E-state index in [2.05, 4.69) is 25.6 Å². The normalized spacial score (nSPS) is 11.3. The van der Waals surface area contributed by atoms with Crippen LogP contribution in [0.5, 0.6) is 0 Å². The van der Waals surface area contributed by atoms with Gasteiger partial charge in [0.25, 0.3) is 5.69 Å². The summed E-state index contributed by atoms with van der Waals surface area (Å²) in [6.07, 6.45) is 1.23. The summed E-state index contributed by atoms with van der Waals surface area (Å²) in [6.45, 7) is 1.77. The Labute approximate surface area is 284 Å². The van der Waals surface area contributed by atoms with Crippen molar-refractivity contribution in [1.82, 2.24) is 19.5 Å². The third-order valence-electron chi connectivity index (χ3n) is 6.77. The van der Waals surface area contributed by atoms with Crippen LogP contribution in [0.25, 0.3) is 16.7 Å². The number of imidazole rings is 1. The van der Waals surface area contributed by atoms with E-state index >= 15 is 0 Å².